The van der Waals surface area contributed by atoms with Crippen molar-refractivity contribution in [3.63, 3.8) is 0 Å². The monoisotopic (exact) mass is 281 g/mol. The number of benzene rings is 1. The van der Waals surface area contributed by atoms with Crippen molar-refractivity contribution in [1.29, 1.82) is 0 Å². The first-order chi connectivity index (χ1) is 9.50. The van der Waals surface area contributed by atoms with Gasteiger partial charge in [-0.2, -0.15) is 13.2 Å². The zero-order valence-corrected chi connectivity index (χ0v) is 10.7. The van der Waals surface area contributed by atoms with Gasteiger partial charge in [0, 0.05) is 0 Å². The van der Waals surface area contributed by atoms with E-state index in [1.807, 2.05) is 6.08 Å². The molecule has 2 nitrogen and oxygen atoms in total. The second-order valence-corrected chi connectivity index (χ2v) is 4.60. The number of alkyl halides is 3. The van der Waals surface area contributed by atoms with Crippen LogP contribution in [0.1, 0.15) is 30.4 Å². The Hall–Kier alpha value is -2.04. The molecule has 106 valence electrons. The lowest BCUT2D eigenvalue weighted by Crippen LogP contribution is -2.03. The molecule has 0 aromatic heterocycles. The molecular formula is C15H14F3NO. The van der Waals surface area contributed by atoms with Gasteiger partial charge in [-0.05, 0) is 48.1 Å². The Balaban J connectivity index is 2.14. The number of allylic oxidation sites excluding steroid dienone is 3. The molecule has 0 saturated heterocycles. The summed E-state index contributed by atoms with van der Waals surface area (Å²) < 4.78 is 37.3. The SMILES string of the molecule is ON=CC1=C(C=Cc2ccc(C(F)(F)F)cc2)CCC1. The number of nitrogens with zero attached hydrogens (tertiary/aromatic N) is 1. The van der Waals surface area contributed by atoms with Crippen molar-refractivity contribution in [3.8, 4) is 0 Å². The molecule has 0 aliphatic heterocycles. The van der Waals surface area contributed by atoms with Crippen molar-refractivity contribution < 1.29 is 18.4 Å². The molecule has 1 aromatic carbocycles. The number of hydrogen-bond acceptors (Lipinski definition) is 2. The van der Waals surface area contributed by atoms with E-state index in [0.717, 1.165) is 42.5 Å². The minimum absolute atomic E-state index is 0.650. The quantitative estimate of drug-likeness (QED) is 0.488. The predicted octanol–water partition coefficient (Wildman–Crippen LogP) is 4.66. The fourth-order valence-corrected chi connectivity index (χ4v) is 2.18. The first-order valence-electron chi connectivity index (χ1n) is 6.25. The second kappa shape index (κ2) is 5.94. The summed E-state index contributed by atoms with van der Waals surface area (Å²) in [5.74, 6) is 0. The van der Waals surface area contributed by atoms with Crippen molar-refractivity contribution in [2.45, 2.75) is 25.4 Å². The molecule has 2 rings (SSSR count). The van der Waals surface area contributed by atoms with Crippen molar-refractivity contribution in [1.82, 2.24) is 0 Å². The van der Waals surface area contributed by atoms with Gasteiger partial charge in [0.05, 0.1) is 11.8 Å². The van der Waals surface area contributed by atoms with E-state index in [-0.39, 0.29) is 0 Å². The lowest BCUT2D eigenvalue weighted by molar-refractivity contribution is -0.137. The zero-order valence-electron chi connectivity index (χ0n) is 10.7. The van der Waals surface area contributed by atoms with Crippen LogP contribution in [0, 0.1) is 0 Å². The lowest BCUT2D eigenvalue weighted by atomic mass is 10.1. The van der Waals surface area contributed by atoms with Gasteiger partial charge in [-0.25, -0.2) is 0 Å². The van der Waals surface area contributed by atoms with Crippen LogP contribution < -0.4 is 0 Å². The fourth-order valence-electron chi connectivity index (χ4n) is 2.18. The standard InChI is InChI=1S/C15H14F3NO/c16-15(17,18)14-8-5-11(6-9-14)4-7-12-2-1-3-13(12)10-19-20/h4-10,20H,1-3H2. The summed E-state index contributed by atoms with van der Waals surface area (Å²) in [6.07, 6.45) is 3.49. The van der Waals surface area contributed by atoms with Crippen molar-refractivity contribution in [2.24, 2.45) is 5.16 Å². The van der Waals surface area contributed by atoms with E-state index < -0.39 is 11.7 Å². The number of halogens is 3. The maximum absolute atomic E-state index is 12.4. The molecule has 1 N–H and O–H groups in total. The fraction of sp³-hybridized carbons (Fsp3) is 0.267. The smallest absolute Gasteiger partial charge is 0.411 e. The molecule has 5 heteroatoms. The molecule has 1 aromatic rings. The van der Waals surface area contributed by atoms with E-state index >= 15 is 0 Å². The molecule has 1 aliphatic carbocycles. The first kappa shape index (κ1) is 14.4. The van der Waals surface area contributed by atoms with Crippen molar-refractivity contribution in [2.75, 3.05) is 0 Å². The van der Waals surface area contributed by atoms with Gasteiger partial charge in [0.1, 0.15) is 0 Å². The lowest BCUT2D eigenvalue weighted by Gasteiger charge is -2.06. The highest BCUT2D eigenvalue weighted by atomic mass is 19.4. The third-order valence-corrected chi connectivity index (χ3v) is 3.23. The van der Waals surface area contributed by atoms with E-state index in [0.29, 0.717) is 5.56 Å². The van der Waals surface area contributed by atoms with Crippen LogP contribution in [-0.4, -0.2) is 11.4 Å². The molecule has 1 aliphatic rings. The second-order valence-electron chi connectivity index (χ2n) is 4.60. The zero-order chi connectivity index (χ0) is 14.6. The van der Waals surface area contributed by atoms with Crippen LogP contribution in [0.2, 0.25) is 0 Å². The Bertz CT molecular complexity index is 553. The van der Waals surface area contributed by atoms with Crippen LogP contribution >= 0.6 is 0 Å². The van der Waals surface area contributed by atoms with Crippen LogP contribution in [0.5, 0.6) is 0 Å². The van der Waals surface area contributed by atoms with Gasteiger partial charge in [0.2, 0.25) is 0 Å². The summed E-state index contributed by atoms with van der Waals surface area (Å²) in [4.78, 5) is 0. The molecule has 0 amide bonds. The first-order valence-corrected chi connectivity index (χ1v) is 6.25. The topological polar surface area (TPSA) is 32.6 Å². The summed E-state index contributed by atoms with van der Waals surface area (Å²) in [6.45, 7) is 0. The van der Waals surface area contributed by atoms with Gasteiger partial charge in [-0.3, -0.25) is 0 Å². The van der Waals surface area contributed by atoms with Gasteiger partial charge in [0.15, 0.2) is 0 Å². The third kappa shape index (κ3) is 3.50. The molecule has 0 atom stereocenters. The number of hydrogen-bond donors (Lipinski definition) is 1. The van der Waals surface area contributed by atoms with Crippen LogP contribution in [0.15, 0.2) is 46.6 Å². The highest BCUT2D eigenvalue weighted by Crippen LogP contribution is 2.30. The van der Waals surface area contributed by atoms with Gasteiger partial charge in [0.25, 0.3) is 0 Å². The van der Waals surface area contributed by atoms with Gasteiger partial charge < -0.3 is 5.21 Å². The van der Waals surface area contributed by atoms with Gasteiger partial charge >= 0.3 is 6.18 Å². The third-order valence-electron chi connectivity index (χ3n) is 3.23. The Morgan fingerprint density at radius 3 is 2.25 bits per heavy atom. The Morgan fingerprint density at radius 1 is 1.00 bits per heavy atom. The van der Waals surface area contributed by atoms with Crippen LogP contribution in [-0.2, 0) is 6.18 Å². The normalized spacial score (nSPS) is 16.8. The summed E-state index contributed by atoms with van der Waals surface area (Å²) >= 11 is 0. The van der Waals surface area contributed by atoms with Crippen LogP contribution in [0.4, 0.5) is 13.2 Å². The molecule has 0 spiro atoms. The van der Waals surface area contributed by atoms with E-state index in [1.54, 1.807) is 6.08 Å². The number of rotatable bonds is 3. The predicted molar refractivity (Wildman–Crippen MR) is 71.6 cm³/mol. The number of oxime groups is 1. The molecule has 0 heterocycles. The van der Waals surface area contributed by atoms with E-state index in [1.165, 1.54) is 18.3 Å². The summed E-state index contributed by atoms with van der Waals surface area (Å²) in [6, 6.07) is 5.01. The largest absolute Gasteiger partial charge is 0.416 e. The maximum atomic E-state index is 12.4. The summed E-state index contributed by atoms with van der Waals surface area (Å²) in [5.41, 5.74) is 2.08. The summed E-state index contributed by atoms with van der Waals surface area (Å²) in [5, 5.41) is 11.6. The molecule has 0 radical (unpaired) electrons. The van der Waals surface area contributed by atoms with Gasteiger partial charge in [-0.15, -0.1) is 0 Å². The van der Waals surface area contributed by atoms with Crippen molar-refractivity contribution >= 4 is 12.3 Å². The van der Waals surface area contributed by atoms with E-state index in [2.05, 4.69) is 5.16 Å². The maximum Gasteiger partial charge on any atom is 0.416 e. The average molecular weight is 281 g/mol. The van der Waals surface area contributed by atoms with E-state index in [4.69, 9.17) is 5.21 Å². The molecular weight excluding hydrogens is 267 g/mol. The molecule has 0 fully saturated rings. The van der Waals surface area contributed by atoms with Crippen molar-refractivity contribution in [3.05, 3.63) is 52.6 Å². The minimum atomic E-state index is -4.30. The molecule has 0 bridgehead atoms. The minimum Gasteiger partial charge on any atom is -0.411 e. The Kier molecular flexibility index (Phi) is 4.27. The molecule has 20 heavy (non-hydrogen) atoms. The molecule has 0 saturated carbocycles. The Labute approximate surface area is 114 Å². The van der Waals surface area contributed by atoms with Crippen LogP contribution in [0.3, 0.4) is 0 Å². The van der Waals surface area contributed by atoms with E-state index in [9.17, 15) is 13.2 Å². The Morgan fingerprint density at radius 2 is 1.65 bits per heavy atom. The summed E-state index contributed by atoms with van der Waals surface area (Å²) in [7, 11) is 0. The average Bonchev–Trinajstić information content (AvgIpc) is 2.84. The molecule has 0 unspecified atom stereocenters. The van der Waals surface area contributed by atoms with Gasteiger partial charge in [-0.1, -0.05) is 29.4 Å². The van der Waals surface area contributed by atoms with Crippen LogP contribution in [0.25, 0.3) is 6.08 Å². The highest BCUT2D eigenvalue weighted by Gasteiger charge is 2.29. The highest BCUT2D eigenvalue weighted by molar-refractivity contribution is 5.81.